The van der Waals surface area contributed by atoms with Gasteiger partial charge in [-0.2, -0.15) is 0 Å². The maximum atomic E-state index is 13.9. The van der Waals surface area contributed by atoms with Gasteiger partial charge in [-0.1, -0.05) is 45.0 Å². The predicted octanol–water partition coefficient (Wildman–Crippen LogP) is 6.10. The number of rotatable bonds is 20. The molecule has 6 N–H and O–H groups in total. The number of benzene rings is 3. The fourth-order valence-corrected chi connectivity index (χ4v) is 8.81. The molecule has 378 valence electrons. The lowest BCUT2D eigenvalue weighted by molar-refractivity contribution is -0.274. The molecule has 0 spiro atoms. The molecule has 0 bridgehead atoms. The van der Waals surface area contributed by atoms with Crippen LogP contribution in [0.25, 0.3) is 10.4 Å². The third-order valence-electron chi connectivity index (χ3n) is 11.6. The van der Waals surface area contributed by atoms with Gasteiger partial charge in [-0.25, -0.2) is 9.78 Å². The highest BCUT2D eigenvalue weighted by atomic mass is 32.1. The number of ether oxygens (including phenoxy) is 4. The summed E-state index contributed by atoms with van der Waals surface area (Å²) in [4.78, 5) is 72.2. The zero-order valence-electron chi connectivity index (χ0n) is 39.4. The van der Waals surface area contributed by atoms with Gasteiger partial charge in [0, 0.05) is 43.3 Å². The Morgan fingerprint density at radius 3 is 2.17 bits per heavy atom. The van der Waals surface area contributed by atoms with Crippen LogP contribution >= 0.6 is 11.3 Å². The summed E-state index contributed by atoms with van der Waals surface area (Å²) in [6, 6.07) is 16.9. The van der Waals surface area contributed by atoms with Gasteiger partial charge < -0.3 is 55.5 Å². The first-order valence-corrected chi connectivity index (χ1v) is 23.9. The Labute approximate surface area is 408 Å². The van der Waals surface area contributed by atoms with E-state index in [9.17, 15) is 42.3 Å². The third-order valence-corrected chi connectivity index (χ3v) is 12.6. The average Bonchev–Trinajstić information content (AvgIpc) is 3.93. The van der Waals surface area contributed by atoms with Gasteiger partial charge in [0.15, 0.2) is 0 Å². The molecule has 2 heterocycles. The number of anilines is 1. The van der Waals surface area contributed by atoms with Gasteiger partial charge in [-0.15, -0.1) is 24.5 Å². The Morgan fingerprint density at radius 2 is 1.53 bits per heavy atom. The highest BCUT2D eigenvalue weighted by molar-refractivity contribution is 7.13. The molecule has 1 aliphatic carbocycles. The van der Waals surface area contributed by atoms with Crippen molar-refractivity contribution in [2.75, 3.05) is 44.8 Å². The van der Waals surface area contributed by atoms with Crippen molar-refractivity contribution in [1.82, 2.24) is 31.2 Å². The van der Waals surface area contributed by atoms with E-state index in [4.69, 9.17) is 14.2 Å². The molecule has 3 atom stereocenters. The van der Waals surface area contributed by atoms with Crippen LogP contribution in [0.3, 0.4) is 0 Å². The van der Waals surface area contributed by atoms with Crippen LogP contribution in [-0.2, 0) is 30.4 Å². The predicted molar refractivity (Wildman–Crippen MR) is 254 cm³/mol. The first-order valence-electron chi connectivity index (χ1n) is 23.0. The molecule has 1 aromatic heterocycles. The molecule has 2 fully saturated rings. The summed E-state index contributed by atoms with van der Waals surface area (Å²) >= 11 is 1.56. The fraction of sp³-hybridized carbons (Fsp3) is 0.469. The second kappa shape index (κ2) is 24.5. The molecule has 6 amide bonds. The molecule has 21 heteroatoms. The summed E-state index contributed by atoms with van der Waals surface area (Å²) in [6.07, 6.45) is -3.06. The van der Waals surface area contributed by atoms with E-state index in [0.717, 1.165) is 33.8 Å². The van der Waals surface area contributed by atoms with Crippen LogP contribution in [-0.4, -0.2) is 121 Å². The first kappa shape index (κ1) is 53.1. The highest BCUT2D eigenvalue weighted by Gasteiger charge is 2.44. The summed E-state index contributed by atoms with van der Waals surface area (Å²) in [5.41, 5.74) is 4.65. The van der Waals surface area contributed by atoms with Crippen molar-refractivity contribution in [1.29, 1.82) is 0 Å². The Morgan fingerprint density at radius 1 is 0.857 bits per heavy atom. The fourth-order valence-electron chi connectivity index (χ4n) is 8.00. The minimum atomic E-state index is -4.80. The summed E-state index contributed by atoms with van der Waals surface area (Å²) in [6.45, 7) is 7.81. The molecule has 2 aliphatic rings. The van der Waals surface area contributed by atoms with Crippen LogP contribution in [0.5, 0.6) is 11.5 Å². The van der Waals surface area contributed by atoms with Gasteiger partial charge in [-0.3, -0.25) is 19.2 Å². The van der Waals surface area contributed by atoms with Crippen molar-refractivity contribution in [2.45, 2.75) is 103 Å². The van der Waals surface area contributed by atoms with Crippen LogP contribution in [0.4, 0.5) is 23.7 Å². The second-order valence-corrected chi connectivity index (χ2v) is 19.0. The van der Waals surface area contributed by atoms with E-state index in [2.05, 4.69) is 36.3 Å². The number of carbonyl (C=O) groups excluding carboxylic acids is 5. The van der Waals surface area contributed by atoms with Crippen LogP contribution in [0.1, 0.15) is 74.5 Å². The minimum Gasteiger partial charge on any atom is -0.490 e. The summed E-state index contributed by atoms with van der Waals surface area (Å²) in [5, 5.41) is 24.5. The van der Waals surface area contributed by atoms with Crippen LogP contribution in [0.2, 0.25) is 0 Å². The highest BCUT2D eigenvalue weighted by Crippen LogP contribution is 2.30. The number of aliphatic hydroxyl groups is 1. The van der Waals surface area contributed by atoms with Gasteiger partial charge >= 0.3 is 12.4 Å². The Hall–Kier alpha value is -6.29. The molecule has 70 heavy (non-hydrogen) atoms. The van der Waals surface area contributed by atoms with Crippen molar-refractivity contribution >= 4 is 46.7 Å². The number of thiazole rings is 1. The SMILES string of the molecule is Cc1ncsc1-c1ccc(CNC(=O)C2C[C@@H](O)CN2C(=O)[C@@H](NC(=O)COCCOCCNC(=O)c2ccc(OC3CCC(NC(=O)Nc4ccc(OC(F)(F)F)cc4)CC3)cc2)C(C)(C)C)cc1. The number of halogens is 3. The molecule has 1 unspecified atom stereocenters. The number of aromatic nitrogens is 1. The van der Waals surface area contributed by atoms with Crippen molar-refractivity contribution in [3.8, 4) is 21.9 Å². The summed E-state index contributed by atoms with van der Waals surface area (Å²) in [5.74, 6) is -1.51. The number of carbonyl (C=O) groups is 5. The summed E-state index contributed by atoms with van der Waals surface area (Å²) < 4.78 is 58.2. The summed E-state index contributed by atoms with van der Waals surface area (Å²) in [7, 11) is 0. The lowest BCUT2D eigenvalue weighted by atomic mass is 9.85. The average molecular weight is 996 g/mol. The zero-order chi connectivity index (χ0) is 50.4. The number of alkyl halides is 3. The smallest absolute Gasteiger partial charge is 0.490 e. The molecule has 4 aromatic rings. The van der Waals surface area contributed by atoms with Crippen LogP contribution in [0, 0.1) is 12.3 Å². The number of hydrogen-bond acceptors (Lipinski definition) is 12. The number of aliphatic hydroxyl groups excluding tert-OH is 1. The van der Waals surface area contributed by atoms with E-state index in [1.165, 1.54) is 17.0 Å². The van der Waals surface area contributed by atoms with Gasteiger partial charge in [0.25, 0.3) is 5.91 Å². The van der Waals surface area contributed by atoms with E-state index in [-0.39, 0.29) is 76.3 Å². The molecule has 1 saturated heterocycles. The minimum absolute atomic E-state index is 0.0474. The Bertz CT molecular complexity index is 2370. The largest absolute Gasteiger partial charge is 0.573 e. The Kier molecular flexibility index (Phi) is 18.6. The van der Waals surface area contributed by atoms with E-state index in [1.54, 1.807) is 61.9 Å². The van der Waals surface area contributed by atoms with Crippen LogP contribution in [0.15, 0.2) is 78.3 Å². The number of urea groups is 1. The third kappa shape index (κ3) is 16.1. The monoisotopic (exact) mass is 995 g/mol. The maximum Gasteiger partial charge on any atom is 0.573 e. The first-order chi connectivity index (χ1) is 33.3. The van der Waals surface area contributed by atoms with Crippen LogP contribution < -0.4 is 36.1 Å². The van der Waals surface area contributed by atoms with Gasteiger partial charge in [0.2, 0.25) is 17.7 Å². The van der Waals surface area contributed by atoms with Crippen molar-refractivity contribution < 1.29 is 61.2 Å². The van der Waals surface area contributed by atoms with E-state index >= 15 is 0 Å². The van der Waals surface area contributed by atoms with Gasteiger partial charge in [-0.05, 0) is 97.7 Å². The lowest BCUT2D eigenvalue weighted by Crippen LogP contribution is -2.58. The van der Waals surface area contributed by atoms with Crippen molar-refractivity contribution in [2.24, 2.45) is 5.41 Å². The number of likely N-dealkylation sites (tertiary alicyclic amines) is 1. The molecule has 0 radical (unpaired) electrons. The quantitative estimate of drug-likeness (QED) is 0.0556. The van der Waals surface area contributed by atoms with E-state index in [1.807, 2.05) is 31.2 Å². The van der Waals surface area contributed by atoms with E-state index < -0.39 is 53.7 Å². The number of aryl methyl sites for hydroxylation is 1. The Balaban J connectivity index is 0.826. The van der Waals surface area contributed by atoms with Crippen molar-refractivity contribution in [3.63, 3.8) is 0 Å². The standard InChI is InChI=1S/C49H60F3N7O10S/c1-30-42(70-29-55-30)32-7-5-31(6-8-32)26-54-45(63)40-25-36(60)27-59(40)46(64)43(48(2,3)4)58-41(61)28-67-24-23-66-22-21-53-44(62)33-9-15-37(16-10-33)68-38-17-11-34(12-18-38)56-47(65)57-35-13-19-39(20-14-35)69-49(50,51)52/h5-10,13-16,19-20,29,34,36,38,40,43,60H,11-12,17-18,21-28H2,1-4H3,(H,53,62)(H,54,63)(H,58,61)(H2,56,57,65)/t34?,36-,38?,40?,43-/m1/s1. The number of nitrogens with zero attached hydrogens (tertiary/aromatic N) is 2. The van der Waals surface area contributed by atoms with Crippen molar-refractivity contribution in [3.05, 3.63) is 95.1 Å². The lowest BCUT2D eigenvalue weighted by Gasteiger charge is -2.35. The molecule has 3 aromatic carbocycles. The number of β-amino-alcohol motifs (C(OH)–C–C–N with tert-alkyl or cyclic N) is 1. The van der Waals surface area contributed by atoms with Gasteiger partial charge in [0.1, 0.15) is 30.2 Å². The molecule has 1 aliphatic heterocycles. The number of nitrogens with one attached hydrogen (secondary N) is 5. The molecule has 6 rings (SSSR count). The zero-order valence-corrected chi connectivity index (χ0v) is 40.3. The maximum absolute atomic E-state index is 13.9. The molecular weight excluding hydrogens is 936 g/mol. The van der Waals surface area contributed by atoms with E-state index in [0.29, 0.717) is 42.7 Å². The molecule has 17 nitrogen and oxygen atoms in total. The molecule has 1 saturated carbocycles. The molecular formula is C49H60F3N7O10S. The topological polar surface area (TPSA) is 219 Å². The number of hydrogen-bond donors (Lipinski definition) is 6. The van der Waals surface area contributed by atoms with Gasteiger partial charge in [0.05, 0.1) is 48.1 Å². The normalized spacial score (nSPS) is 18.6. The number of amides is 6. The second-order valence-electron chi connectivity index (χ2n) is 18.2.